The van der Waals surface area contributed by atoms with Crippen LogP contribution in [0.25, 0.3) is 28.2 Å². The van der Waals surface area contributed by atoms with E-state index in [0.717, 1.165) is 28.7 Å². The quantitative estimate of drug-likeness (QED) is 0.117. The first kappa shape index (κ1) is 37.2. The van der Waals surface area contributed by atoms with Gasteiger partial charge in [-0.05, 0) is 66.0 Å². The second-order valence-corrected chi connectivity index (χ2v) is 14.3. The second-order valence-electron chi connectivity index (χ2n) is 13.8. The van der Waals surface area contributed by atoms with Gasteiger partial charge in [-0.3, -0.25) is 14.2 Å². The van der Waals surface area contributed by atoms with Gasteiger partial charge in [0.05, 0.1) is 30.5 Å². The SMILES string of the molecule is CCC(C)(C)c1ccc(OCCCn2c(-c3oc(=O)n(-c4ccccc4OC)c3O)nc3c(NC(C)=O)cc(Cl)cc3c2=O)c(C(C)(C)CC)c1. The molecule has 0 bridgehead atoms. The van der Waals surface area contributed by atoms with Crippen molar-refractivity contribution < 1.29 is 23.8 Å². The van der Waals surface area contributed by atoms with E-state index < -0.39 is 23.1 Å². The first-order valence-electron chi connectivity index (χ1n) is 17.0. The zero-order valence-electron chi connectivity index (χ0n) is 30.3. The molecule has 2 heterocycles. The summed E-state index contributed by atoms with van der Waals surface area (Å²) in [5.41, 5.74) is 2.22. The largest absolute Gasteiger partial charge is 0.495 e. The minimum absolute atomic E-state index is 0.00557. The molecule has 3 aromatic carbocycles. The molecule has 12 heteroatoms. The second kappa shape index (κ2) is 14.7. The highest BCUT2D eigenvalue weighted by Crippen LogP contribution is 2.39. The number of aromatic nitrogens is 3. The summed E-state index contributed by atoms with van der Waals surface area (Å²) >= 11 is 6.38. The first-order chi connectivity index (χ1) is 24.1. The molecule has 2 aromatic heterocycles. The summed E-state index contributed by atoms with van der Waals surface area (Å²) in [6.45, 7) is 14.8. The maximum Gasteiger partial charge on any atom is 0.427 e. The number of fused-ring (bicyclic) bond motifs is 1. The van der Waals surface area contributed by atoms with Crippen molar-refractivity contribution in [3.05, 3.63) is 91.7 Å². The molecule has 2 N–H and O–H groups in total. The smallest absolute Gasteiger partial charge is 0.427 e. The Labute approximate surface area is 301 Å². The van der Waals surface area contributed by atoms with Crippen molar-refractivity contribution in [1.82, 2.24) is 14.1 Å². The lowest BCUT2D eigenvalue weighted by Crippen LogP contribution is -2.25. The normalized spacial score (nSPS) is 11.9. The van der Waals surface area contributed by atoms with E-state index in [2.05, 4.69) is 59.0 Å². The third kappa shape index (κ3) is 7.39. The van der Waals surface area contributed by atoms with Gasteiger partial charge >= 0.3 is 5.76 Å². The molecule has 0 radical (unpaired) electrons. The van der Waals surface area contributed by atoms with Gasteiger partial charge in [-0.25, -0.2) is 14.3 Å². The topological polar surface area (TPSA) is 138 Å². The molecule has 0 spiro atoms. The van der Waals surface area contributed by atoms with E-state index >= 15 is 0 Å². The van der Waals surface area contributed by atoms with Crippen LogP contribution in [0.4, 0.5) is 5.69 Å². The molecule has 0 aliphatic carbocycles. The van der Waals surface area contributed by atoms with E-state index in [1.54, 1.807) is 24.3 Å². The number of oxazole rings is 1. The number of rotatable bonds is 13. The van der Waals surface area contributed by atoms with Crippen LogP contribution in [-0.2, 0) is 22.2 Å². The summed E-state index contributed by atoms with van der Waals surface area (Å²) in [5.74, 6) is -1.29. The van der Waals surface area contributed by atoms with E-state index in [-0.39, 0.29) is 62.9 Å². The van der Waals surface area contributed by atoms with Crippen molar-refractivity contribution in [2.75, 3.05) is 19.0 Å². The summed E-state index contributed by atoms with van der Waals surface area (Å²) in [6, 6.07) is 15.9. The number of hydrogen-bond acceptors (Lipinski definition) is 8. The van der Waals surface area contributed by atoms with Gasteiger partial charge in [-0.2, -0.15) is 0 Å². The number of benzene rings is 3. The Morgan fingerprint density at radius 1 is 1.00 bits per heavy atom. The van der Waals surface area contributed by atoms with E-state index in [1.807, 2.05) is 6.07 Å². The Kier molecular flexibility index (Phi) is 10.7. The van der Waals surface area contributed by atoms with Gasteiger partial charge in [0.2, 0.25) is 17.5 Å². The highest BCUT2D eigenvalue weighted by molar-refractivity contribution is 6.32. The van der Waals surface area contributed by atoms with Gasteiger partial charge in [-0.15, -0.1) is 0 Å². The van der Waals surface area contributed by atoms with Gasteiger partial charge in [0.1, 0.15) is 17.0 Å². The van der Waals surface area contributed by atoms with Crippen LogP contribution in [0.15, 0.2) is 68.6 Å². The molecule has 0 saturated heterocycles. The molecular weight excluding hydrogens is 672 g/mol. The van der Waals surface area contributed by atoms with Gasteiger partial charge in [-0.1, -0.05) is 77.4 Å². The Bertz CT molecular complexity index is 2210. The number of carbonyl (C=O) groups is 1. The summed E-state index contributed by atoms with van der Waals surface area (Å²) in [4.78, 5) is 44.2. The Morgan fingerprint density at radius 3 is 2.37 bits per heavy atom. The Balaban J connectivity index is 1.59. The van der Waals surface area contributed by atoms with E-state index in [1.165, 1.54) is 36.3 Å². The number of methoxy groups -OCH3 is 1. The minimum atomic E-state index is -0.921. The molecule has 5 aromatic rings. The third-order valence-corrected chi connectivity index (χ3v) is 9.91. The Morgan fingerprint density at radius 2 is 1.71 bits per heavy atom. The minimum Gasteiger partial charge on any atom is -0.495 e. The van der Waals surface area contributed by atoms with Crippen LogP contribution in [0.1, 0.15) is 78.9 Å². The molecule has 270 valence electrons. The summed E-state index contributed by atoms with van der Waals surface area (Å²) in [5, 5.41) is 14.5. The molecule has 0 fully saturated rings. The predicted molar refractivity (Wildman–Crippen MR) is 200 cm³/mol. The van der Waals surface area contributed by atoms with Gasteiger partial charge in [0.25, 0.3) is 5.56 Å². The highest BCUT2D eigenvalue weighted by Gasteiger charge is 2.28. The third-order valence-electron chi connectivity index (χ3n) is 9.69. The molecular formula is C39H45ClN4O7. The van der Waals surface area contributed by atoms with Gasteiger partial charge in [0.15, 0.2) is 5.82 Å². The fraction of sp³-hybridized carbons (Fsp3) is 0.385. The lowest BCUT2D eigenvalue weighted by molar-refractivity contribution is -0.114. The van der Waals surface area contributed by atoms with E-state index in [0.29, 0.717) is 12.2 Å². The number of aromatic hydroxyl groups is 1. The zero-order chi connectivity index (χ0) is 37.2. The fourth-order valence-electron chi connectivity index (χ4n) is 5.90. The summed E-state index contributed by atoms with van der Waals surface area (Å²) < 4.78 is 19.6. The summed E-state index contributed by atoms with van der Waals surface area (Å²) in [7, 11) is 1.44. The number of amides is 1. The van der Waals surface area contributed by atoms with Gasteiger partial charge in [0, 0.05) is 24.1 Å². The van der Waals surface area contributed by atoms with Crippen molar-refractivity contribution >= 4 is 34.1 Å². The first-order valence-corrected chi connectivity index (χ1v) is 17.4. The summed E-state index contributed by atoms with van der Waals surface area (Å²) in [6.07, 6.45) is 2.25. The number of hydrogen-bond donors (Lipinski definition) is 2. The molecule has 0 aliphatic heterocycles. The highest BCUT2D eigenvalue weighted by atomic mass is 35.5. The lowest BCUT2D eigenvalue weighted by atomic mass is 9.76. The van der Waals surface area contributed by atoms with Crippen LogP contribution < -0.4 is 26.1 Å². The zero-order valence-corrected chi connectivity index (χ0v) is 31.1. The maximum absolute atomic E-state index is 14.2. The number of anilines is 1. The lowest BCUT2D eigenvalue weighted by Gasteiger charge is -2.30. The van der Waals surface area contributed by atoms with Crippen molar-refractivity contribution in [3.8, 4) is 34.7 Å². The maximum atomic E-state index is 14.2. The molecule has 0 atom stereocenters. The monoisotopic (exact) mass is 716 g/mol. The van der Waals surface area contributed by atoms with Crippen molar-refractivity contribution in [2.24, 2.45) is 0 Å². The average Bonchev–Trinajstić information content (AvgIpc) is 3.39. The predicted octanol–water partition coefficient (Wildman–Crippen LogP) is 7.98. The van der Waals surface area contributed by atoms with Crippen LogP contribution >= 0.6 is 11.6 Å². The average molecular weight is 717 g/mol. The number of ether oxygens (including phenoxy) is 2. The number of para-hydroxylation sites is 2. The van der Waals surface area contributed by atoms with Crippen LogP contribution in [0.5, 0.6) is 17.4 Å². The van der Waals surface area contributed by atoms with E-state index in [4.69, 9.17) is 30.5 Å². The van der Waals surface area contributed by atoms with Crippen molar-refractivity contribution in [1.29, 1.82) is 0 Å². The molecule has 51 heavy (non-hydrogen) atoms. The van der Waals surface area contributed by atoms with Crippen molar-refractivity contribution in [2.45, 2.75) is 85.1 Å². The number of carbonyl (C=O) groups excluding carboxylic acids is 1. The Hall–Kier alpha value is -5.03. The van der Waals surface area contributed by atoms with Crippen molar-refractivity contribution in [3.63, 3.8) is 0 Å². The molecule has 11 nitrogen and oxygen atoms in total. The van der Waals surface area contributed by atoms with Crippen LogP contribution in [0, 0.1) is 0 Å². The molecule has 0 saturated carbocycles. The molecule has 1 amide bonds. The number of halogens is 1. The van der Waals surface area contributed by atoms with Crippen LogP contribution in [0.2, 0.25) is 5.02 Å². The fourth-order valence-corrected chi connectivity index (χ4v) is 6.12. The molecule has 0 unspecified atom stereocenters. The standard InChI is InChI=1S/C39H45ClN4O7/c1-9-38(4,5)24-16-17-30(27(20-24)39(6,7)10-2)50-19-13-18-43-34(42-32-26(35(43)46)21-25(40)22-28(32)41-23(3)45)33-36(47)44(37(48)51-33)29-14-11-12-15-31(29)49-8/h11-12,14-17,20-22,47H,9-10,13,18-19H2,1-8H3,(H,41,45). The molecule has 5 rings (SSSR count). The van der Waals surface area contributed by atoms with Gasteiger partial charge < -0.3 is 24.3 Å². The van der Waals surface area contributed by atoms with Crippen LogP contribution in [0.3, 0.4) is 0 Å². The number of nitrogens with one attached hydrogen (secondary N) is 1. The number of nitrogens with zero attached hydrogens (tertiary/aromatic N) is 3. The van der Waals surface area contributed by atoms with E-state index in [9.17, 15) is 19.5 Å². The van der Waals surface area contributed by atoms with Crippen LogP contribution in [-0.4, -0.2) is 38.8 Å². The molecule has 0 aliphatic rings.